The van der Waals surface area contributed by atoms with Crippen LogP contribution in [0.15, 0.2) is 39.6 Å². The molecule has 1 unspecified atom stereocenters. The number of tetrazole rings is 1. The summed E-state index contributed by atoms with van der Waals surface area (Å²) in [5, 5.41) is 31.7. The van der Waals surface area contributed by atoms with E-state index in [1.54, 1.807) is 20.9 Å². The van der Waals surface area contributed by atoms with Gasteiger partial charge in [0.1, 0.15) is 35.0 Å². The molecule has 0 radical (unpaired) electrons. The number of nitrogens with zero attached hydrogens (tertiary/aromatic N) is 7. The lowest BCUT2D eigenvalue weighted by Gasteiger charge is -2.49. The van der Waals surface area contributed by atoms with Crippen molar-refractivity contribution in [3.8, 4) is 0 Å². The number of carbonyl (C=O) groups excluding carboxylic acids is 3. The van der Waals surface area contributed by atoms with Crippen LogP contribution in [0.25, 0.3) is 0 Å². The van der Waals surface area contributed by atoms with Gasteiger partial charge in [0, 0.05) is 23.9 Å². The van der Waals surface area contributed by atoms with Gasteiger partial charge in [-0.05, 0) is 36.3 Å². The highest BCUT2D eigenvalue weighted by atomic mass is 32.2. The van der Waals surface area contributed by atoms with Crippen molar-refractivity contribution in [2.75, 3.05) is 23.4 Å². The van der Waals surface area contributed by atoms with Crippen LogP contribution >= 0.6 is 34.9 Å². The van der Waals surface area contributed by atoms with Gasteiger partial charge in [-0.25, -0.2) is 19.3 Å². The van der Waals surface area contributed by atoms with Crippen molar-refractivity contribution >= 4 is 69.6 Å². The first-order valence-electron chi connectivity index (χ1n) is 12.8. The molecule has 1 saturated heterocycles. The van der Waals surface area contributed by atoms with E-state index < -0.39 is 40.9 Å². The van der Waals surface area contributed by atoms with E-state index >= 15 is 0 Å². The average molecular weight is 652 g/mol. The molecule has 43 heavy (non-hydrogen) atoms. The van der Waals surface area contributed by atoms with Gasteiger partial charge in [0.15, 0.2) is 10.8 Å². The molecule has 2 aromatic heterocycles. The first-order valence-corrected chi connectivity index (χ1v) is 15.7. The number of hydrogen-bond acceptors (Lipinski definition) is 14. The third-order valence-corrected chi connectivity index (χ3v) is 9.43. The Balaban J connectivity index is 1.47. The van der Waals surface area contributed by atoms with Gasteiger partial charge in [-0.15, -0.1) is 28.2 Å². The van der Waals surface area contributed by atoms with E-state index in [2.05, 4.69) is 42.9 Å². The highest BCUT2D eigenvalue weighted by Crippen LogP contribution is 2.41. The van der Waals surface area contributed by atoms with Gasteiger partial charge in [-0.3, -0.25) is 19.8 Å². The van der Waals surface area contributed by atoms with Gasteiger partial charge in [0.05, 0.1) is 0 Å². The fourth-order valence-electron chi connectivity index (χ4n) is 3.73. The number of aliphatic carboxylic acids is 1. The number of aromatic nitrogens is 5. The molecule has 0 bridgehead atoms. The molecule has 16 nitrogen and oxygen atoms in total. The number of carboxylic acid groups (broad SMARTS) is 1. The first-order chi connectivity index (χ1) is 20.5. The lowest BCUT2D eigenvalue weighted by molar-refractivity contribution is -0.150. The minimum atomic E-state index is -1.25. The Morgan fingerprint density at radius 2 is 2.14 bits per heavy atom. The van der Waals surface area contributed by atoms with Gasteiger partial charge in [0.25, 0.3) is 11.8 Å². The predicted octanol–water partition coefficient (Wildman–Crippen LogP) is 1.84. The summed E-state index contributed by atoms with van der Waals surface area (Å²) in [4.78, 5) is 61.5. The van der Waals surface area contributed by atoms with E-state index in [-0.39, 0.29) is 34.6 Å². The largest absolute Gasteiger partial charge is 0.477 e. The summed E-state index contributed by atoms with van der Waals surface area (Å²) < 4.78 is 6.83. The van der Waals surface area contributed by atoms with Crippen molar-refractivity contribution in [2.45, 2.75) is 49.4 Å². The van der Waals surface area contributed by atoms with Crippen LogP contribution in [0.2, 0.25) is 0 Å². The van der Waals surface area contributed by atoms with E-state index in [9.17, 15) is 24.3 Å². The number of thioether (sulfide) groups is 2. The number of hydrogen-bond donors (Lipinski definition) is 3. The fourth-order valence-corrected chi connectivity index (χ4v) is 6.75. The second kappa shape index (κ2) is 13.6. The number of anilines is 1. The molecule has 2 aliphatic heterocycles. The highest BCUT2D eigenvalue weighted by Gasteiger charge is 2.54. The van der Waals surface area contributed by atoms with Crippen LogP contribution in [0.3, 0.4) is 0 Å². The Labute approximate surface area is 258 Å². The summed E-state index contributed by atoms with van der Waals surface area (Å²) in [6.45, 7) is 8.97. The molecule has 4 rings (SSSR count). The van der Waals surface area contributed by atoms with E-state index in [0.717, 1.165) is 11.3 Å². The zero-order valence-corrected chi connectivity index (χ0v) is 26.0. The molecule has 1 fully saturated rings. The molecule has 230 valence electrons. The number of fused-ring (bicyclic) bond motifs is 1. The number of rotatable bonds is 13. The molecule has 0 aromatic carbocycles. The molecule has 2 aliphatic rings. The molecule has 0 aliphatic carbocycles. The van der Waals surface area contributed by atoms with Crippen molar-refractivity contribution in [1.82, 2.24) is 35.4 Å². The van der Waals surface area contributed by atoms with Crippen molar-refractivity contribution in [2.24, 2.45) is 12.2 Å². The number of aryl methyl sites for hydroxylation is 1. The molecule has 3 N–H and O–H groups in total. The zero-order chi connectivity index (χ0) is 31.3. The number of carboxylic acids is 1. The lowest BCUT2D eigenvalue weighted by atomic mass is 10.0. The van der Waals surface area contributed by atoms with E-state index in [1.807, 2.05) is 6.92 Å². The molecule has 2 atom stereocenters. The average Bonchev–Trinajstić information content (AvgIpc) is 3.59. The van der Waals surface area contributed by atoms with E-state index in [1.165, 1.54) is 44.6 Å². The number of oxime groups is 1. The third-order valence-electron chi connectivity index (χ3n) is 6.23. The minimum absolute atomic E-state index is 0.00296. The summed E-state index contributed by atoms with van der Waals surface area (Å²) in [6.07, 6.45) is 1.32. The molecule has 0 spiro atoms. The number of amides is 3. The van der Waals surface area contributed by atoms with E-state index in [0.29, 0.717) is 22.9 Å². The number of nitrogens with one attached hydrogen (secondary N) is 2. The lowest BCUT2D eigenvalue weighted by Crippen LogP contribution is -2.71. The molecule has 2 aromatic rings. The maximum absolute atomic E-state index is 13.3. The van der Waals surface area contributed by atoms with Crippen LogP contribution in [0.1, 0.15) is 32.9 Å². The van der Waals surface area contributed by atoms with Gasteiger partial charge in [-0.2, -0.15) is 0 Å². The Morgan fingerprint density at radius 1 is 1.37 bits per heavy atom. The summed E-state index contributed by atoms with van der Waals surface area (Å²) in [7, 11) is 1.66. The first kappa shape index (κ1) is 32.0. The minimum Gasteiger partial charge on any atom is -0.477 e. The van der Waals surface area contributed by atoms with Gasteiger partial charge >= 0.3 is 12.1 Å². The van der Waals surface area contributed by atoms with Crippen molar-refractivity contribution in [3.05, 3.63) is 35.0 Å². The van der Waals surface area contributed by atoms with Crippen molar-refractivity contribution in [1.29, 1.82) is 0 Å². The summed E-state index contributed by atoms with van der Waals surface area (Å²) >= 11 is 3.61. The monoisotopic (exact) mass is 651 g/mol. The molecule has 0 saturated carbocycles. The summed E-state index contributed by atoms with van der Waals surface area (Å²) in [5.74, 6) is -2.03. The smallest absolute Gasteiger partial charge is 0.413 e. The standard InChI is InChI=1S/C24H29N9O7S3/c1-6-8-39-29-14(13-11-42-21(25-13)27-23(38)40-24(3,4)7-2)17(34)26-15-18(35)33-16(20(36)37)12(9-41-19(15)33)10-43-22-28-30-31-32(22)5/h6,11,15,19H,1,7-10H2,2-5H3,(H,26,34)(H,36,37)(H,25,27,38)/t15?,19-/m0/s1. The van der Waals surface area contributed by atoms with Crippen LogP contribution in [0, 0.1) is 0 Å². The Kier molecular flexibility index (Phi) is 10.1. The SMILES string of the molecule is C=CCON=C(C(=O)NC1C(=O)N2C(C(=O)O)=C(CSc3nnnn3C)CS[C@@H]12)c1csc(NC(=O)OC(C)(C)CC)n1. The number of carbonyl (C=O) groups is 4. The van der Waals surface area contributed by atoms with Crippen LogP contribution < -0.4 is 10.6 Å². The number of thiazole rings is 1. The van der Waals surface area contributed by atoms with Gasteiger partial charge in [-0.1, -0.05) is 36.5 Å². The second-order valence-corrected chi connectivity index (χ2v) is 12.6. The quantitative estimate of drug-likeness (QED) is 0.0708. The van der Waals surface area contributed by atoms with Crippen LogP contribution in [0.4, 0.5) is 9.93 Å². The number of ether oxygens (including phenoxy) is 1. The van der Waals surface area contributed by atoms with Crippen LogP contribution in [-0.2, 0) is 31.0 Å². The summed E-state index contributed by atoms with van der Waals surface area (Å²) in [5.41, 5.74) is -0.440. The second-order valence-electron chi connectivity index (χ2n) is 9.68. The molecular weight excluding hydrogens is 623 g/mol. The maximum atomic E-state index is 13.3. The Hall–Kier alpha value is -3.97. The normalized spacial score (nSPS) is 18.5. The van der Waals surface area contributed by atoms with Crippen molar-refractivity contribution in [3.63, 3.8) is 0 Å². The third kappa shape index (κ3) is 7.34. The zero-order valence-electron chi connectivity index (χ0n) is 23.6. The summed E-state index contributed by atoms with van der Waals surface area (Å²) in [6, 6.07) is -1.02. The van der Waals surface area contributed by atoms with Crippen LogP contribution in [-0.4, -0.2) is 99.9 Å². The van der Waals surface area contributed by atoms with Crippen LogP contribution in [0.5, 0.6) is 0 Å². The fraction of sp³-hybridized carbons (Fsp3) is 0.458. The molecule has 4 heterocycles. The molecule has 19 heteroatoms. The molecule has 3 amide bonds. The maximum Gasteiger partial charge on any atom is 0.413 e. The predicted molar refractivity (Wildman–Crippen MR) is 158 cm³/mol. The number of β-lactam (4-membered cyclic amide) rings is 1. The Morgan fingerprint density at radius 3 is 2.79 bits per heavy atom. The van der Waals surface area contributed by atoms with E-state index in [4.69, 9.17) is 9.57 Å². The highest BCUT2D eigenvalue weighted by molar-refractivity contribution is 8.01. The Bertz CT molecular complexity index is 1490. The molecular formula is C24H29N9O7S3. The van der Waals surface area contributed by atoms with Gasteiger partial charge < -0.3 is 20.0 Å². The van der Waals surface area contributed by atoms with Gasteiger partial charge in [0.2, 0.25) is 5.16 Å². The topological polar surface area (TPSA) is 203 Å². The van der Waals surface area contributed by atoms with Crippen molar-refractivity contribution < 1.29 is 33.9 Å².